The summed E-state index contributed by atoms with van der Waals surface area (Å²) in [6.45, 7) is -0.0618. The van der Waals surface area contributed by atoms with E-state index >= 15 is 0 Å². The van der Waals surface area contributed by atoms with Gasteiger partial charge in [0.25, 0.3) is 11.9 Å². The molecule has 0 saturated carbocycles. The Labute approximate surface area is 180 Å². The molecular formula is C22H25N5O4. The van der Waals surface area contributed by atoms with Gasteiger partial charge in [-0.1, -0.05) is 24.3 Å². The minimum Gasteiger partial charge on any atom is -0.497 e. The Bertz CT molecular complexity index is 1030. The van der Waals surface area contributed by atoms with Gasteiger partial charge in [-0.2, -0.15) is 4.98 Å². The molecule has 2 atom stereocenters. The Balaban J connectivity index is 1.67. The number of nitrogens with zero attached hydrogens (tertiary/aromatic N) is 3. The highest BCUT2D eigenvalue weighted by Crippen LogP contribution is 2.38. The molecule has 9 nitrogen and oxygen atoms in total. The van der Waals surface area contributed by atoms with Crippen LogP contribution in [0.3, 0.4) is 0 Å². The van der Waals surface area contributed by atoms with Gasteiger partial charge in [0.1, 0.15) is 18.1 Å². The van der Waals surface area contributed by atoms with E-state index in [-0.39, 0.29) is 30.5 Å². The Morgan fingerprint density at radius 2 is 1.65 bits per heavy atom. The molecule has 162 valence electrons. The lowest BCUT2D eigenvalue weighted by atomic mass is 9.93. The summed E-state index contributed by atoms with van der Waals surface area (Å²) >= 11 is 0. The number of anilines is 2. The second-order valence-electron chi connectivity index (χ2n) is 7.18. The Hall–Kier alpha value is -3.59. The normalized spacial score (nSPS) is 17.4. The van der Waals surface area contributed by atoms with Crippen LogP contribution in [0.4, 0.5) is 11.9 Å². The molecule has 0 saturated heterocycles. The van der Waals surface area contributed by atoms with Crippen LogP contribution in [-0.2, 0) is 9.53 Å². The lowest BCUT2D eigenvalue weighted by Crippen LogP contribution is -2.28. The van der Waals surface area contributed by atoms with Crippen LogP contribution in [0.15, 0.2) is 48.5 Å². The van der Waals surface area contributed by atoms with E-state index in [0.29, 0.717) is 5.95 Å². The molecule has 2 aromatic carbocycles. The fourth-order valence-corrected chi connectivity index (χ4v) is 3.68. The van der Waals surface area contributed by atoms with Gasteiger partial charge in [0.05, 0.1) is 26.3 Å². The highest BCUT2D eigenvalue weighted by molar-refractivity contribution is 5.90. The van der Waals surface area contributed by atoms with E-state index in [9.17, 15) is 4.79 Å². The smallest absolute Gasteiger partial charge is 0.252 e. The van der Waals surface area contributed by atoms with E-state index in [2.05, 4.69) is 20.7 Å². The van der Waals surface area contributed by atoms with Gasteiger partial charge >= 0.3 is 0 Å². The first kappa shape index (κ1) is 20.7. The Morgan fingerprint density at radius 3 is 2.23 bits per heavy atom. The van der Waals surface area contributed by atoms with Crippen LogP contribution in [0.1, 0.15) is 29.6 Å². The van der Waals surface area contributed by atoms with Gasteiger partial charge in [0.2, 0.25) is 5.95 Å². The number of aromatic nitrogens is 3. The molecule has 1 amide bonds. The predicted octanol–water partition coefficient (Wildman–Crippen LogP) is 3.03. The number of hydrogen-bond acceptors (Lipinski definition) is 7. The van der Waals surface area contributed by atoms with Crippen molar-refractivity contribution in [3.05, 3.63) is 59.7 Å². The number of nitrogens with one attached hydrogen (secondary N) is 2. The van der Waals surface area contributed by atoms with Crippen LogP contribution < -0.4 is 20.1 Å². The molecule has 9 heteroatoms. The molecule has 1 aliphatic heterocycles. The number of methoxy groups -OCH3 is 3. The number of amides is 1. The van der Waals surface area contributed by atoms with Gasteiger partial charge in [-0.15, -0.1) is 5.10 Å². The van der Waals surface area contributed by atoms with Crippen LogP contribution in [0.25, 0.3) is 0 Å². The van der Waals surface area contributed by atoms with Crippen molar-refractivity contribution in [1.82, 2.24) is 14.8 Å². The first-order valence-electron chi connectivity index (χ1n) is 9.91. The average Bonchev–Trinajstić information content (AvgIpc) is 3.21. The lowest BCUT2D eigenvalue weighted by molar-refractivity contribution is -0.119. The summed E-state index contributed by atoms with van der Waals surface area (Å²) in [7, 11) is 4.76. The molecule has 2 unspecified atom stereocenters. The van der Waals surface area contributed by atoms with E-state index in [1.54, 1.807) is 14.2 Å². The number of rotatable bonds is 7. The van der Waals surface area contributed by atoms with Crippen molar-refractivity contribution in [3.63, 3.8) is 0 Å². The standard InChI is InChI=1S/C22H25N5O4/c1-29-13-20(28)24-21-25-22-23-18(14-4-8-16(30-2)9-5-14)12-19(27(22)26-21)15-6-10-17(31-3)11-7-15/h4-11,18-19H,12-13H2,1-3H3,(H2,23,24,25,26,28). The van der Waals surface area contributed by atoms with E-state index in [0.717, 1.165) is 29.0 Å². The maximum Gasteiger partial charge on any atom is 0.252 e. The second kappa shape index (κ2) is 9.05. The number of carbonyl (C=O) groups excluding carboxylic acids is 1. The quantitative estimate of drug-likeness (QED) is 0.603. The molecule has 0 spiro atoms. The van der Waals surface area contributed by atoms with Gasteiger partial charge in [-0.3, -0.25) is 10.1 Å². The third-order valence-electron chi connectivity index (χ3n) is 5.23. The Morgan fingerprint density at radius 1 is 1.03 bits per heavy atom. The summed E-state index contributed by atoms with van der Waals surface area (Å²) in [5.74, 6) is 2.10. The monoisotopic (exact) mass is 423 g/mol. The summed E-state index contributed by atoms with van der Waals surface area (Å²) in [5, 5.41) is 10.6. The zero-order valence-electron chi connectivity index (χ0n) is 17.7. The third-order valence-corrected chi connectivity index (χ3v) is 5.23. The zero-order chi connectivity index (χ0) is 21.8. The zero-order valence-corrected chi connectivity index (χ0v) is 17.7. The first-order chi connectivity index (χ1) is 15.1. The fourth-order valence-electron chi connectivity index (χ4n) is 3.68. The van der Waals surface area contributed by atoms with E-state index in [4.69, 9.17) is 14.2 Å². The van der Waals surface area contributed by atoms with Crippen molar-refractivity contribution < 1.29 is 19.0 Å². The molecule has 4 rings (SSSR count). The average molecular weight is 423 g/mol. The number of hydrogen-bond donors (Lipinski definition) is 2. The summed E-state index contributed by atoms with van der Waals surface area (Å²) < 4.78 is 17.2. The molecule has 1 aromatic heterocycles. The van der Waals surface area contributed by atoms with Gasteiger partial charge in [0, 0.05) is 7.11 Å². The fraction of sp³-hybridized carbons (Fsp3) is 0.318. The summed E-state index contributed by atoms with van der Waals surface area (Å²) in [6, 6.07) is 15.8. The highest BCUT2D eigenvalue weighted by atomic mass is 16.5. The molecule has 0 fully saturated rings. The highest BCUT2D eigenvalue weighted by Gasteiger charge is 2.31. The van der Waals surface area contributed by atoms with Gasteiger partial charge in [-0.05, 0) is 41.8 Å². The lowest BCUT2D eigenvalue weighted by Gasteiger charge is -2.31. The summed E-state index contributed by atoms with van der Waals surface area (Å²) in [5.41, 5.74) is 2.18. The van der Waals surface area contributed by atoms with Crippen molar-refractivity contribution in [2.24, 2.45) is 0 Å². The SMILES string of the molecule is COCC(=O)Nc1nc2n(n1)C(c1ccc(OC)cc1)CC(c1ccc(OC)cc1)N2. The van der Waals surface area contributed by atoms with E-state index in [1.165, 1.54) is 7.11 Å². The number of benzene rings is 2. The molecule has 0 aliphatic carbocycles. The van der Waals surface area contributed by atoms with Crippen LogP contribution in [0.2, 0.25) is 0 Å². The van der Waals surface area contributed by atoms with Crippen LogP contribution in [-0.4, -0.2) is 48.6 Å². The maximum atomic E-state index is 11.9. The summed E-state index contributed by atoms with van der Waals surface area (Å²) in [6.07, 6.45) is 0.750. The molecular weight excluding hydrogens is 398 g/mol. The van der Waals surface area contributed by atoms with Gasteiger partial charge in [-0.25, -0.2) is 4.68 Å². The predicted molar refractivity (Wildman–Crippen MR) is 116 cm³/mol. The van der Waals surface area contributed by atoms with Crippen molar-refractivity contribution >= 4 is 17.8 Å². The molecule has 1 aliphatic rings. The van der Waals surface area contributed by atoms with Crippen LogP contribution in [0, 0.1) is 0 Å². The van der Waals surface area contributed by atoms with Crippen molar-refractivity contribution in [3.8, 4) is 11.5 Å². The first-order valence-corrected chi connectivity index (χ1v) is 9.91. The minimum absolute atomic E-state index is 0.0113. The van der Waals surface area contributed by atoms with Crippen molar-refractivity contribution in [2.75, 3.05) is 38.6 Å². The maximum absolute atomic E-state index is 11.9. The molecule has 31 heavy (non-hydrogen) atoms. The summed E-state index contributed by atoms with van der Waals surface area (Å²) in [4.78, 5) is 16.4. The van der Waals surface area contributed by atoms with Gasteiger partial charge in [0.15, 0.2) is 0 Å². The van der Waals surface area contributed by atoms with Gasteiger partial charge < -0.3 is 19.5 Å². The van der Waals surface area contributed by atoms with Crippen LogP contribution >= 0.6 is 0 Å². The molecule has 0 radical (unpaired) electrons. The molecule has 0 bridgehead atoms. The van der Waals surface area contributed by atoms with E-state index < -0.39 is 0 Å². The second-order valence-corrected chi connectivity index (χ2v) is 7.18. The molecule has 2 N–H and O–H groups in total. The number of fused-ring (bicyclic) bond motifs is 1. The molecule has 3 aromatic rings. The Kier molecular flexibility index (Phi) is 6.03. The minimum atomic E-state index is -0.307. The van der Waals surface area contributed by atoms with Crippen molar-refractivity contribution in [1.29, 1.82) is 0 Å². The van der Waals surface area contributed by atoms with E-state index in [1.807, 2.05) is 53.2 Å². The largest absolute Gasteiger partial charge is 0.497 e. The topological polar surface area (TPSA) is 99.5 Å². The number of ether oxygens (including phenoxy) is 3. The third kappa shape index (κ3) is 4.46. The van der Waals surface area contributed by atoms with Crippen molar-refractivity contribution in [2.45, 2.75) is 18.5 Å². The number of carbonyl (C=O) groups is 1. The molecule has 2 heterocycles. The van der Waals surface area contributed by atoms with Crippen LogP contribution in [0.5, 0.6) is 11.5 Å².